The van der Waals surface area contributed by atoms with Crippen LogP contribution >= 0.6 is 0 Å². The summed E-state index contributed by atoms with van der Waals surface area (Å²) in [5.74, 6) is -2.32. The van der Waals surface area contributed by atoms with Crippen LogP contribution in [0.3, 0.4) is 0 Å². The highest BCUT2D eigenvalue weighted by atomic mass is 16.6. The van der Waals surface area contributed by atoms with Gasteiger partial charge in [-0.1, -0.05) is 42.5 Å². The molecule has 0 spiro atoms. The molecule has 0 unspecified atom stereocenters. The molecule has 0 radical (unpaired) electrons. The molecule has 0 aromatic heterocycles. The maximum absolute atomic E-state index is 12.6. The summed E-state index contributed by atoms with van der Waals surface area (Å²) >= 11 is 0. The highest BCUT2D eigenvalue weighted by Gasteiger charge is 2.51. The molecular formula is C20H26N2O5. The van der Waals surface area contributed by atoms with Gasteiger partial charge in [0.05, 0.1) is 5.92 Å². The molecule has 2 atom stereocenters. The van der Waals surface area contributed by atoms with Crippen LogP contribution in [-0.2, 0) is 25.7 Å². The zero-order valence-corrected chi connectivity index (χ0v) is 15.9. The lowest BCUT2D eigenvalue weighted by molar-refractivity contribution is -0.165. The van der Waals surface area contributed by atoms with E-state index < -0.39 is 35.0 Å². The molecule has 0 fully saturated rings. The number of benzene rings is 1. The van der Waals surface area contributed by atoms with E-state index in [0.717, 1.165) is 5.56 Å². The van der Waals surface area contributed by atoms with Gasteiger partial charge in [0.2, 0.25) is 5.91 Å². The van der Waals surface area contributed by atoms with Crippen LogP contribution in [0.2, 0.25) is 0 Å². The Morgan fingerprint density at radius 3 is 2.44 bits per heavy atom. The minimum Gasteiger partial charge on any atom is -0.460 e. The van der Waals surface area contributed by atoms with Gasteiger partial charge in [0.25, 0.3) is 0 Å². The van der Waals surface area contributed by atoms with Gasteiger partial charge in [-0.05, 0) is 39.2 Å². The van der Waals surface area contributed by atoms with Crippen molar-refractivity contribution in [3.63, 3.8) is 0 Å². The number of hydrogen-bond donors (Lipinski definition) is 2. The summed E-state index contributed by atoms with van der Waals surface area (Å²) in [7, 11) is 0. The van der Waals surface area contributed by atoms with E-state index in [9.17, 15) is 14.4 Å². The Morgan fingerprint density at radius 2 is 1.85 bits per heavy atom. The molecule has 1 aromatic rings. The fourth-order valence-electron chi connectivity index (χ4n) is 2.93. The molecule has 0 heterocycles. The SMILES string of the molecule is CC(C)(C)OC(=O)[C@H]1CC=CC[C@]1(NC(=O)OCc1ccccc1)C(N)=O. The first-order valence-corrected chi connectivity index (χ1v) is 8.81. The molecule has 3 N–H and O–H groups in total. The standard InChI is InChI=1S/C20H26N2O5/c1-19(2,3)27-16(23)15-11-7-8-12-20(15,17(21)24)22-18(25)26-13-14-9-5-4-6-10-14/h4-10,15H,11-13H2,1-3H3,(H2,21,24)(H,22,25)/t15-,20-/m1/s1. The predicted molar refractivity (Wildman–Crippen MR) is 99.4 cm³/mol. The number of esters is 1. The topological polar surface area (TPSA) is 108 Å². The first-order chi connectivity index (χ1) is 12.6. The number of carbonyl (C=O) groups is 3. The Bertz CT molecular complexity index is 724. The normalized spacial score (nSPS) is 22.0. The highest BCUT2D eigenvalue weighted by Crippen LogP contribution is 2.32. The number of nitrogens with one attached hydrogen (secondary N) is 1. The molecular weight excluding hydrogens is 348 g/mol. The number of ether oxygens (including phenoxy) is 2. The first-order valence-electron chi connectivity index (χ1n) is 8.81. The Hall–Kier alpha value is -2.83. The Labute approximate surface area is 158 Å². The second-order valence-corrected chi connectivity index (χ2v) is 7.52. The quantitative estimate of drug-likeness (QED) is 0.608. The lowest BCUT2D eigenvalue weighted by Crippen LogP contribution is -2.64. The van der Waals surface area contributed by atoms with E-state index >= 15 is 0 Å². The number of rotatable bonds is 5. The number of nitrogens with two attached hydrogens (primary N) is 1. The lowest BCUT2D eigenvalue weighted by atomic mass is 9.75. The third kappa shape index (κ3) is 5.32. The minimum atomic E-state index is -1.59. The van der Waals surface area contributed by atoms with Gasteiger partial charge in [0.15, 0.2) is 0 Å². The van der Waals surface area contributed by atoms with Gasteiger partial charge < -0.3 is 20.5 Å². The molecule has 0 bridgehead atoms. The van der Waals surface area contributed by atoms with Gasteiger partial charge in [0.1, 0.15) is 17.7 Å². The van der Waals surface area contributed by atoms with Crippen molar-refractivity contribution < 1.29 is 23.9 Å². The second kappa shape index (κ2) is 8.24. The van der Waals surface area contributed by atoms with Crippen molar-refractivity contribution >= 4 is 18.0 Å². The third-order valence-corrected chi connectivity index (χ3v) is 4.24. The minimum absolute atomic E-state index is 0.0362. The van der Waals surface area contributed by atoms with Gasteiger partial charge in [-0.3, -0.25) is 9.59 Å². The van der Waals surface area contributed by atoms with Crippen LogP contribution in [0.5, 0.6) is 0 Å². The summed E-state index contributed by atoms with van der Waals surface area (Å²) in [5.41, 5.74) is 4.08. The average molecular weight is 374 g/mol. The molecule has 7 heteroatoms. The number of allylic oxidation sites excluding steroid dienone is 1. The molecule has 1 aliphatic carbocycles. The van der Waals surface area contributed by atoms with Crippen molar-refractivity contribution in [1.29, 1.82) is 0 Å². The fraction of sp³-hybridized carbons (Fsp3) is 0.450. The van der Waals surface area contributed by atoms with Gasteiger partial charge >= 0.3 is 12.1 Å². The van der Waals surface area contributed by atoms with E-state index in [2.05, 4.69) is 5.32 Å². The van der Waals surface area contributed by atoms with Gasteiger partial charge in [-0.2, -0.15) is 0 Å². The van der Waals surface area contributed by atoms with E-state index in [1.165, 1.54) is 0 Å². The number of hydrogen-bond acceptors (Lipinski definition) is 5. The van der Waals surface area contributed by atoms with Crippen LogP contribution in [0, 0.1) is 5.92 Å². The van der Waals surface area contributed by atoms with Crippen LogP contribution in [0.1, 0.15) is 39.2 Å². The van der Waals surface area contributed by atoms with Crippen LogP contribution in [0.4, 0.5) is 4.79 Å². The molecule has 2 rings (SSSR count). The second-order valence-electron chi connectivity index (χ2n) is 7.52. The van der Waals surface area contributed by atoms with Crippen molar-refractivity contribution in [2.24, 2.45) is 11.7 Å². The smallest absolute Gasteiger partial charge is 0.408 e. The maximum atomic E-state index is 12.6. The molecule has 146 valence electrons. The summed E-state index contributed by atoms with van der Waals surface area (Å²) in [6.45, 7) is 5.24. The first kappa shape index (κ1) is 20.5. The van der Waals surface area contributed by atoms with E-state index in [0.29, 0.717) is 0 Å². The maximum Gasteiger partial charge on any atom is 0.408 e. The van der Waals surface area contributed by atoms with Crippen LogP contribution in [0.15, 0.2) is 42.5 Å². The van der Waals surface area contributed by atoms with Crippen LogP contribution < -0.4 is 11.1 Å². The Balaban J connectivity index is 2.15. The Morgan fingerprint density at radius 1 is 1.19 bits per heavy atom. The molecule has 27 heavy (non-hydrogen) atoms. The number of amides is 2. The van der Waals surface area contributed by atoms with E-state index in [-0.39, 0.29) is 19.4 Å². The fourth-order valence-corrected chi connectivity index (χ4v) is 2.93. The summed E-state index contributed by atoms with van der Waals surface area (Å²) in [6.07, 6.45) is 2.99. The lowest BCUT2D eigenvalue weighted by Gasteiger charge is -2.39. The zero-order chi connectivity index (χ0) is 20.1. The predicted octanol–water partition coefficient (Wildman–Crippen LogP) is 2.44. The van der Waals surface area contributed by atoms with Crippen molar-refractivity contribution in [3.8, 4) is 0 Å². The number of alkyl carbamates (subject to hydrolysis) is 1. The summed E-state index contributed by atoms with van der Waals surface area (Å²) in [6, 6.07) is 9.12. The number of primary amides is 1. The van der Waals surface area contributed by atoms with Crippen LogP contribution in [-0.4, -0.2) is 29.1 Å². The molecule has 1 aliphatic rings. The zero-order valence-electron chi connectivity index (χ0n) is 15.9. The summed E-state index contributed by atoms with van der Waals surface area (Å²) in [4.78, 5) is 37.2. The van der Waals surface area contributed by atoms with Gasteiger partial charge in [0, 0.05) is 0 Å². The average Bonchev–Trinajstić information content (AvgIpc) is 2.59. The summed E-state index contributed by atoms with van der Waals surface area (Å²) < 4.78 is 10.6. The molecule has 1 aromatic carbocycles. The monoisotopic (exact) mass is 374 g/mol. The van der Waals surface area contributed by atoms with Crippen molar-refractivity contribution in [1.82, 2.24) is 5.32 Å². The Kier molecular flexibility index (Phi) is 6.25. The van der Waals surface area contributed by atoms with Crippen molar-refractivity contribution in [2.45, 2.75) is 51.4 Å². The molecule has 7 nitrogen and oxygen atoms in total. The molecule has 0 saturated heterocycles. The number of carbonyl (C=O) groups excluding carboxylic acids is 3. The van der Waals surface area contributed by atoms with E-state index in [1.807, 2.05) is 30.3 Å². The third-order valence-electron chi connectivity index (χ3n) is 4.24. The van der Waals surface area contributed by atoms with E-state index in [1.54, 1.807) is 32.9 Å². The van der Waals surface area contributed by atoms with Crippen molar-refractivity contribution in [2.75, 3.05) is 0 Å². The summed E-state index contributed by atoms with van der Waals surface area (Å²) in [5, 5.41) is 2.53. The van der Waals surface area contributed by atoms with E-state index in [4.69, 9.17) is 15.2 Å². The molecule has 0 saturated carbocycles. The largest absolute Gasteiger partial charge is 0.460 e. The molecule has 0 aliphatic heterocycles. The molecule has 2 amide bonds. The van der Waals surface area contributed by atoms with Crippen LogP contribution in [0.25, 0.3) is 0 Å². The van der Waals surface area contributed by atoms with Crippen molar-refractivity contribution in [3.05, 3.63) is 48.0 Å². The van der Waals surface area contributed by atoms with Gasteiger partial charge in [-0.25, -0.2) is 4.79 Å². The highest BCUT2D eigenvalue weighted by molar-refractivity contribution is 5.94. The van der Waals surface area contributed by atoms with Gasteiger partial charge in [-0.15, -0.1) is 0 Å².